The number of rotatable bonds is 4. The molecule has 0 heterocycles. The average Bonchev–Trinajstić information content (AvgIpc) is 2.43. The Kier molecular flexibility index (Phi) is 4.84. The summed E-state index contributed by atoms with van der Waals surface area (Å²) in [5, 5.41) is 3.88. The summed E-state index contributed by atoms with van der Waals surface area (Å²) in [4.78, 5) is 0. The van der Waals surface area contributed by atoms with Gasteiger partial charge in [-0.3, -0.25) is 0 Å². The number of anilines is 1. The Balaban J connectivity index is 2.28. The topological polar surface area (TPSA) is 12.0 Å². The van der Waals surface area contributed by atoms with Gasteiger partial charge in [0.1, 0.15) is 11.6 Å². The predicted octanol–water partition coefficient (Wildman–Crippen LogP) is 5.83. The van der Waals surface area contributed by atoms with Crippen molar-refractivity contribution in [3.63, 3.8) is 0 Å². The Morgan fingerprint density at radius 2 is 1.80 bits per heavy atom. The molecule has 5 heteroatoms. The molecule has 1 N–H and O–H groups in total. The van der Waals surface area contributed by atoms with Crippen molar-refractivity contribution in [1.82, 2.24) is 0 Å². The van der Waals surface area contributed by atoms with E-state index in [-0.39, 0.29) is 11.7 Å². The molecule has 0 saturated heterocycles. The van der Waals surface area contributed by atoms with Crippen molar-refractivity contribution in [2.75, 3.05) is 5.32 Å². The molecule has 0 aliphatic carbocycles. The largest absolute Gasteiger partial charge is 0.376 e. The van der Waals surface area contributed by atoms with Crippen LogP contribution in [0.5, 0.6) is 0 Å². The van der Waals surface area contributed by atoms with Crippen LogP contribution in [0, 0.1) is 11.6 Å². The second kappa shape index (κ2) is 6.42. The first-order chi connectivity index (χ1) is 9.51. The summed E-state index contributed by atoms with van der Waals surface area (Å²) in [6.07, 6.45) is 0.688. The van der Waals surface area contributed by atoms with Gasteiger partial charge >= 0.3 is 0 Å². The molecule has 0 bridgehead atoms. The monoisotopic (exact) mass is 315 g/mol. The first-order valence-electron chi connectivity index (χ1n) is 6.17. The lowest BCUT2D eigenvalue weighted by Gasteiger charge is -2.19. The maximum atomic E-state index is 13.6. The van der Waals surface area contributed by atoms with Crippen LogP contribution in [-0.2, 0) is 0 Å². The van der Waals surface area contributed by atoms with Crippen molar-refractivity contribution in [2.45, 2.75) is 19.4 Å². The Hall–Kier alpha value is -1.32. The zero-order chi connectivity index (χ0) is 14.7. The fraction of sp³-hybridized carbons (Fsp3) is 0.200. The SMILES string of the molecule is CCC(Nc1cc(F)ccc1F)c1ccc(Cl)c(Cl)c1. The number of benzene rings is 2. The van der Waals surface area contributed by atoms with E-state index < -0.39 is 11.6 Å². The quantitative estimate of drug-likeness (QED) is 0.748. The Labute approximate surface area is 126 Å². The minimum Gasteiger partial charge on any atom is -0.376 e. The minimum atomic E-state index is -0.495. The van der Waals surface area contributed by atoms with Crippen LogP contribution in [-0.4, -0.2) is 0 Å². The third kappa shape index (κ3) is 3.41. The summed E-state index contributed by atoms with van der Waals surface area (Å²) in [6, 6.07) is 8.36. The molecule has 0 aliphatic heterocycles. The molecule has 0 amide bonds. The lowest BCUT2D eigenvalue weighted by Crippen LogP contribution is -2.11. The van der Waals surface area contributed by atoms with Gasteiger partial charge in [0, 0.05) is 0 Å². The zero-order valence-electron chi connectivity index (χ0n) is 10.8. The summed E-state index contributed by atoms with van der Waals surface area (Å²) in [7, 11) is 0. The number of halogens is 4. The summed E-state index contributed by atoms with van der Waals surface area (Å²) in [5.74, 6) is -0.984. The molecule has 0 spiro atoms. The van der Waals surface area contributed by atoms with E-state index in [4.69, 9.17) is 23.2 Å². The van der Waals surface area contributed by atoms with Crippen molar-refractivity contribution < 1.29 is 8.78 Å². The molecular weight excluding hydrogens is 303 g/mol. The normalized spacial score (nSPS) is 12.2. The number of nitrogens with one attached hydrogen (secondary N) is 1. The van der Waals surface area contributed by atoms with E-state index in [0.29, 0.717) is 16.5 Å². The first-order valence-corrected chi connectivity index (χ1v) is 6.93. The maximum Gasteiger partial charge on any atom is 0.146 e. The smallest absolute Gasteiger partial charge is 0.146 e. The molecule has 1 nitrogen and oxygen atoms in total. The Morgan fingerprint density at radius 3 is 2.45 bits per heavy atom. The van der Waals surface area contributed by atoms with Crippen molar-refractivity contribution in [3.05, 3.63) is 63.6 Å². The summed E-state index contributed by atoms with van der Waals surface area (Å²) >= 11 is 11.9. The van der Waals surface area contributed by atoms with E-state index >= 15 is 0 Å². The molecule has 0 saturated carbocycles. The highest BCUT2D eigenvalue weighted by Gasteiger charge is 2.13. The highest BCUT2D eigenvalue weighted by Crippen LogP contribution is 2.29. The molecule has 1 atom stereocenters. The molecular formula is C15H13Cl2F2N. The highest BCUT2D eigenvalue weighted by molar-refractivity contribution is 6.42. The van der Waals surface area contributed by atoms with E-state index in [1.807, 2.05) is 13.0 Å². The van der Waals surface area contributed by atoms with Gasteiger partial charge in [-0.25, -0.2) is 8.78 Å². The van der Waals surface area contributed by atoms with Crippen LogP contribution in [0.4, 0.5) is 14.5 Å². The first kappa shape index (κ1) is 15.1. The number of hydrogen-bond donors (Lipinski definition) is 1. The summed E-state index contributed by atoms with van der Waals surface area (Å²) in [5.41, 5.74) is 0.994. The van der Waals surface area contributed by atoms with Gasteiger partial charge in [-0.1, -0.05) is 36.2 Å². The van der Waals surface area contributed by atoms with Gasteiger partial charge < -0.3 is 5.32 Å². The second-order valence-corrected chi connectivity index (χ2v) is 5.22. The molecule has 0 radical (unpaired) electrons. The van der Waals surface area contributed by atoms with Crippen molar-refractivity contribution in [3.8, 4) is 0 Å². The molecule has 0 aromatic heterocycles. The van der Waals surface area contributed by atoms with Gasteiger partial charge in [0.05, 0.1) is 21.8 Å². The van der Waals surface area contributed by atoms with Gasteiger partial charge in [0.15, 0.2) is 0 Å². The lowest BCUT2D eigenvalue weighted by molar-refractivity contribution is 0.598. The predicted molar refractivity (Wildman–Crippen MR) is 79.5 cm³/mol. The molecule has 2 aromatic rings. The highest BCUT2D eigenvalue weighted by atomic mass is 35.5. The van der Waals surface area contributed by atoms with E-state index in [1.54, 1.807) is 12.1 Å². The van der Waals surface area contributed by atoms with Gasteiger partial charge in [0.2, 0.25) is 0 Å². The molecule has 2 rings (SSSR count). The summed E-state index contributed by atoms with van der Waals surface area (Å²) < 4.78 is 26.8. The molecule has 20 heavy (non-hydrogen) atoms. The number of hydrogen-bond acceptors (Lipinski definition) is 1. The molecule has 2 aromatic carbocycles. The van der Waals surface area contributed by atoms with Crippen molar-refractivity contribution >= 4 is 28.9 Å². The van der Waals surface area contributed by atoms with Gasteiger partial charge in [-0.2, -0.15) is 0 Å². The molecule has 0 fully saturated rings. The Morgan fingerprint density at radius 1 is 1.05 bits per heavy atom. The lowest BCUT2D eigenvalue weighted by atomic mass is 10.0. The van der Waals surface area contributed by atoms with Crippen LogP contribution in [0.2, 0.25) is 10.0 Å². The average molecular weight is 316 g/mol. The third-order valence-electron chi connectivity index (χ3n) is 3.01. The van der Waals surface area contributed by atoms with Crippen LogP contribution >= 0.6 is 23.2 Å². The van der Waals surface area contributed by atoms with Gasteiger partial charge in [-0.15, -0.1) is 0 Å². The fourth-order valence-electron chi connectivity index (χ4n) is 1.95. The van der Waals surface area contributed by atoms with Gasteiger partial charge in [-0.05, 0) is 42.3 Å². The summed E-state index contributed by atoms with van der Waals surface area (Å²) in [6.45, 7) is 1.94. The second-order valence-electron chi connectivity index (χ2n) is 4.40. The molecule has 106 valence electrons. The fourth-order valence-corrected chi connectivity index (χ4v) is 2.25. The van der Waals surface area contributed by atoms with E-state index in [0.717, 1.165) is 23.8 Å². The van der Waals surface area contributed by atoms with Crippen LogP contribution in [0.1, 0.15) is 24.9 Å². The molecule has 1 unspecified atom stereocenters. The van der Waals surface area contributed by atoms with Crippen LogP contribution in [0.15, 0.2) is 36.4 Å². The van der Waals surface area contributed by atoms with E-state index in [1.165, 1.54) is 0 Å². The minimum absolute atomic E-state index is 0.128. The van der Waals surface area contributed by atoms with Crippen LogP contribution in [0.25, 0.3) is 0 Å². The zero-order valence-corrected chi connectivity index (χ0v) is 12.3. The van der Waals surface area contributed by atoms with Crippen molar-refractivity contribution in [1.29, 1.82) is 0 Å². The van der Waals surface area contributed by atoms with E-state index in [2.05, 4.69) is 5.32 Å². The maximum absolute atomic E-state index is 13.6. The Bertz CT molecular complexity index is 617. The van der Waals surface area contributed by atoms with E-state index in [9.17, 15) is 8.78 Å². The third-order valence-corrected chi connectivity index (χ3v) is 3.75. The van der Waals surface area contributed by atoms with Crippen molar-refractivity contribution in [2.24, 2.45) is 0 Å². The standard InChI is InChI=1S/C15H13Cl2F2N/c1-2-14(9-3-5-11(16)12(17)7-9)20-15-8-10(18)4-6-13(15)19/h3-8,14,20H,2H2,1H3. The molecule has 0 aliphatic rings. The van der Waals surface area contributed by atoms with Crippen LogP contribution < -0.4 is 5.32 Å². The van der Waals surface area contributed by atoms with Gasteiger partial charge in [0.25, 0.3) is 0 Å². The van der Waals surface area contributed by atoms with Crippen LogP contribution in [0.3, 0.4) is 0 Å².